The quantitative estimate of drug-likeness (QED) is 0.640. The van der Waals surface area contributed by atoms with Crippen molar-refractivity contribution in [1.82, 2.24) is 0 Å². The molecule has 2 saturated carbocycles. The highest BCUT2D eigenvalue weighted by Crippen LogP contribution is 2.61. The lowest BCUT2D eigenvalue weighted by molar-refractivity contribution is -0.479. The van der Waals surface area contributed by atoms with E-state index in [-0.39, 0.29) is 17.1 Å². The average molecular weight is 375 g/mol. The second-order valence-electron chi connectivity index (χ2n) is 11.1. The molecule has 0 aromatic heterocycles. The monoisotopic (exact) mass is 374 g/mol. The number of rotatable bonds is 0. The van der Waals surface area contributed by atoms with Gasteiger partial charge < -0.3 is 14.6 Å². The van der Waals surface area contributed by atoms with E-state index in [0.717, 1.165) is 44.9 Å². The minimum atomic E-state index is -0.602. The second kappa shape index (κ2) is 5.67. The molecule has 0 aromatic carbocycles. The van der Waals surface area contributed by atoms with Crippen molar-refractivity contribution >= 4 is 5.78 Å². The molecule has 0 amide bonds. The molecule has 150 valence electrons. The predicted octanol–water partition coefficient (Wildman–Crippen LogP) is 4.36. The molecule has 1 heterocycles. The second-order valence-corrected chi connectivity index (χ2v) is 11.1. The van der Waals surface area contributed by atoms with Crippen molar-refractivity contribution in [2.75, 3.05) is 0 Å². The van der Waals surface area contributed by atoms with E-state index in [2.05, 4.69) is 27.7 Å². The molecule has 0 aromatic rings. The zero-order valence-electron chi connectivity index (χ0n) is 17.2. The van der Waals surface area contributed by atoms with Gasteiger partial charge in [-0.3, -0.25) is 4.79 Å². The molecule has 3 fully saturated rings. The maximum Gasteiger partial charge on any atom is 0.181 e. The SMILES string of the molecule is CC(C)(C)C1OC2(CC3=C([C@H]4CC[C@]5(C)C(=O)CC[C@H]5[C@@H]4CC3)[C@@H](O)C2)O1. The number of hydrogen-bond acceptors (Lipinski definition) is 4. The fraction of sp³-hybridized carbons (Fsp3) is 0.870. The maximum atomic E-state index is 12.5. The summed E-state index contributed by atoms with van der Waals surface area (Å²) in [7, 11) is 0. The summed E-state index contributed by atoms with van der Waals surface area (Å²) in [5.74, 6) is 1.43. The van der Waals surface area contributed by atoms with Gasteiger partial charge in [0.1, 0.15) is 5.78 Å². The Labute approximate surface area is 162 Å². The molecule has 1 saturated heterocycles. The number of hydrogen-bond donors (Lipinski definition) is 1. The summed E-state index contributed by atoms with van der Waals surface area (Å²) in [6.07, 6.45) is 6.79. The molecule has 4 heteroatoms. The summed E-state index contributed by atoms with van der Waals surface area (Å²) in [6, 6.07) is 0. The van der Waals surface area contributed by atoms with Gasteiger partial charge in [-0.25, -0.2) is 0 Å². The molecule has 5 rings (SSSR count). The molecule has 5 atom stereocenters. The summed E-state index contributed by atoms with van der Waals surface area (Å²) in [5.41, 5.74) is 2.55. The third-order valence-corrected chi connectivity index (χ3v) is 8.43. The molecule has 4 aliphatic carbocycles. The van der Waals surface area contributed by atoms with Crippen molar-refractivity contribution in [2.45, 2.75) is 97.2 Å². The van der Waals surface area contributed by atoms with E-state index in [1.165, 1.54) is 11.1 Å². The van der Waals surface area contributed by atoms with Gasteiger partial charge in [0.05, 0.1) is 6.10 Å². The largest absolute Gasteiger partial charge is 0.389 e. The Hall–Kier alpha value is -0.710. The Morgan fingerprint density at radius 3 is 2.56 bits per heavy atom. The fourth-order valence-electron chi connectivity index (χ4n) is 7.00. The average Bonchev–Trinajstić information content (AvgIpc) is 2.86. The molecule has 1 spiro atoms. The first kappa shape index (κ1) is 18.3. The van der Waals surface area contributed by atoms with E-state index in [1.807, 2.05) is 0 Å². The maximum absolute atomic E-state index is 12.5. The van der Waals surface area contributed by atoms with Gasteiger partial charge in [0.25, 0.3) is 0 Å². The summed E-state index contributed by atoms with van der Waals surface area (Å²) >= 11 is 0. The third kappa shape index (κ3) is 2.55. The smallest absolute Gasteiger partial charge is 0.181 e. The van der Waals surface area contributed by atoms with Crippen molar-refractivity contribution in [3.63, 3.8) is 0 Å². The van der Waals surface area contributed by atoms with Crippen molar-refractivity contribution in [1.29, 1.82) is 0 Å². The minimum Gasteiger partial charge on any atom is -0.389 e. The Kier molecular flexibility index (Phi) is 3.85. The number of aliphatic hydroxyl groups is 1. The zero-order valence-corrected chi connectivity index (χ0v) is 17.2. The van der Waals surface area contributed by atoms with Crippen LogP contribution in [0, 0.1) is 28.6 Å². The van der Waals surface area contributed by atoms with Crippen LogP contribution in [-0.4, -0.2) is 29.1 Å². The van der Waals surface area contributed by atoms with Crippen molar-refractivity contribution in [2.24, 2.45) is 28.6 Å². The predicted molar refractivity (Wildman–Crippen MR) is 102 cm³/mol. The van der Waals surface area contributed by atoms with Crippen LogP contribution in [0.2, 0.25) is 0 Å². The number of ether oxygens (including phenoxy) is 2. The topological polar surface area (TPSA) is 55.8 Å². The van der Waals surface area contributed by atoms with Gasteiger partial charge in [0, 0.05) is 30.1 Å². The van der Waals surface area contributed by atoms with E-state index in [0.29, 0.717) is 30.0 Å². The standard InChI is InChI=1S/C23H34O4/c1-21(2,3)20-26-23(27-20)11-13-5-6-14-15(19(13)17(24)12-23)9-10-22(4)16(14)7-8-18(22)25/h14-17,20,24H,5-12H2,1-4H3/t14-,15+,16+,17+,20?,22+,23?/m1/s1. The fourth-order valence-corrected chi connectivity index (χ4v) is 7.00. The lowest BCUT2D eigenvalue weighted by Crippen LogP contribution is -2.61. The Morgan fingerprint density at radius 1 is 1.11 bits per heavy atom. The van der Waals surface area contributed by atoms with Gasteiger partial charge in [-0.2, -0.15) is 0 Å². The van der Waals surface area contributed by atoms with Crippen molar-refractivity contribution in [3.8, 4) is 0 Å². The molecular weight excluding hydrogens is 340 g/mol. The van der Waals surface area contributed by atoms with Crippen LogP contribution in [0.1, 0.15) is 79.1 Å². The van der Waals surface area contributed by atoms with Crippen molar-refractivity contribution < 1.29 is 19.4 Å². The number of Topliss-reactive ketones (excluding diaryl/α,β-unsaturated/α-hetero) is 1. The van der Waals surface area contributed by atoms with E-state index in [4.69, 9.17) is 9.47 Å². The molecule has 27 heavy (non-hydrogen) atoms. The summed E-state index contributed by atoms with van der Waals surface area (Å²) in [5, 5.41) is 11.1. The molecule has 0 radical (unpaired) electrons. The Balaban J connectivity index is 1.39. The molecule has 5 aliphatic rings. The minimum absolute atomic E-state index is 0.0364. The van der Waals surface area contributed by atoms with Crippen LogP contribution < -0.4 is 0 Å². The normalized spacial score (nSPS) is 49.5. The summed E-state index contributed by atoms with van der Waals surface area (Å²) in [6.45, 7) is 8.59. The van der Waals surface area contributed by atoms with Gasteiger partial charge >= 0.3 is 0 Å². The number of carbonyl (C=O) groups excluding carboxylic acids is 1. The number of carbonyl (C=O) groups is 1. The lowest BCUT2D eigenvalue weighted by atomic mass is 9.54. The Bertz CT molecular complexity index is 696. The first-order valence-electron chi connectivity index (χ1n) is 10.9. The summed E-state index contributed by atoms with van der Waals surface area (Å²) < 4.78 is 12.5. The molecule has 0 unspecified atom stereocenters. The van der Waals surface area contributed by atoms with Gasteiger partial charge in [-0.05, 0) is 55.4 Å². The highest BCUT2D eigenvalue weighted by molar-refractivity contribution is 5.87. The van der Waals surface area contributed by atoms with E-state index < -0.39 is 11.9 Å². The van der Waals surface area contributed by atoms with E-state index in [9.17, 15) is 9.90 Å². The number of ketones is 1. The van der Waals surface area contributed by atoms with Crippen LogP contribution in [0.3, 0.4) is 0 Å². The van der Waals surface area contributed by atoms with E-state index in [1.54, 1.807) is 0 Å². The van der Waals surface area contributed by atoms with Crippen LogP contribution in [0.15, 0.2) is 11.1 Å². The number of fused-ring (bicyclic) bond motifs is 4. The first-order valence-corrected chi connectivity index (χ1v) is 10.9. The van der Waals surface area contributed by atoms with Gasteiger partial charge in [0.15, 0.2) is 12.1 Å². The zero-order chi connectivity index (χ0) is 19.2. The van der Waals surface area contributed by atoms with Crippen LogP contribution in [0.25, 0.3) is 0 Å². The molecule has 1 N–H and O–H groups in total. The molecule has 0 bridgehead atoms. The van der Waals surface area contributed by atoms with Gasteiger partial charge in [0.2, 0.25) is 0 Å². The first-order chi connectivity index (χ1) is 12.6. The molecular formula is C23H34O4. The Morgan fingerprint density at radius 2 is 1.85 bits per heavy atom. The molecule has 4 nitrogen and oxygen atoms in total. The highest BCUT2D eigenvalue weighted by Gasteiger charge is 2.59. The molecule has 1 aliphatic heterocycles. The van der Waals surface area contributed by atoms with Gasteiger partial charge in [-0.15, -0.1) is 0 Å². The van der Waals surface area contributed by atoms with Gasteiger partial charge in [-0.1, -0.05) is 33.3 Å². The van der Waals surface area contributed by atoms with Crippen LogP contribution >= 0.6 is 0 Å². The van der Waals surface area contributed by atoms with E-state index >= 15 is 0 Å². The van der Waals surface area contributed by atoms with Crippen LogP contribution in [0.4, 0.5) is 0 Å². The van der Waals surface area contributed by atoms with Crippen LogP contribution in [-0.2, 0) is 14.3 Å². The number of aliphatic hydroxyl groups excluding tert-OH is 1. The summed E-state index contributed by atoms with van der Waals surface area (Å²) in [4.78, 5) is 12.5. The van der Waals surface area contributed by atoms with Crippen molar-refractivity contribution in [3.05, 3.63) is 11.1 Å². The van der Waals surface area contributed by atoms with Crippen LogP contribution in [0.5, 0.6) is 0 Å². The third-order valence-electron chi connectivity index (χ3n) is 8.43. The highest BCUT2D eigenvalue weighted by atomic mass is 16.9. The lowest BCUT2D eigenvalue weighted by Gasteiger charge is -2.57.